The SMILES string of the molecule is CO[C@@H]1CN(C)C(=O)c2ccc(NS(=O)(=O)c3cccc(F)c3)cc2OC[C@H](C)NC[C@H]1C. The van der Waals surface area contributed by atoms with E-state index < -0.39 is 15.8 Å². The standard InChI is InChI=1S/C23H30FN3O5S/c1-15-12-25-16(2)14-32-21-11-18(26-33(29,30)19-7-5-6-17(24)10-19)8-9-20(21)23(28)27(3)13-22(15)31-4/h5-11,15-16,22,25-26H,12-14H2,1-4H3/t15-,16+,22-/m1/s1. The first-order chi connectivity index (χ1) is 15.6. The highest BCUT2D eigenvalue weighted by molar-refractivity contribution is 7.92. The molecule has 0 fully saturated rings. The molecule has 1 aliphatic heterocycles. The van der Waals surface area contributed by atoms with Crippen LogP contribution in [0.25, 0.3) is 0 Å². The Morgan fingerprint density at radius 2 is 1.97 bits per heavy atom. The summed E-state index contributed by atoms with van der Waals surface area (Å²) in [7, 11) is -0.708. The lowest BCUT2D eigenvalue weighted by molar-refractivity contribution is 0.0281. The van der Waals surface area contributed by atoms with Crippen LogP contribution in [0.15, 0.2) is 47.4 Å². The van der Waals surface area contributed by atoms with E-state index in [1.165, 1.54) is 36.4 Å². The molecule has 0 saturated heterocycles. The summed E-state index contributed by atoms with van der Waals surface area (Å²) in [6.07, 6.45) is -0.153. The van der Waals surface area contributed by atoms with Crippen LogP contribution in [0.4, 0.5) is 10.1 Å². The lowest BCUT2D eigenvalue weighted by atomic mass is 10.0. The summed E-state index contributed by atoms with van der Waals surface area (Å²) >= 11 is 0. The van der Waals surface area contributed by atoms with Gasteiger partial charge in [0.1, 0.15) is 18.2 Å². The van der Waals surface area contributed by atoms with E-state index in [2.05, 4.69) is 17.0 Å². The summed E-state index contributed by atoms with van der Waals surface area (Å²) < 4.78 is 52.8. The number of anilines is 1. The molecule has 180 valence electrons. The number of carbonyl (C=O) groups excluding carboxylic acids is 1. The Kier molecular flexibility index (Phi) is 7.93. The summed E-state index contributed by atoms with van der Waals surface area (Å²) in [5, 5.41) is 3.40. The number of amides is 1. The van der Waals surface area contributed by atoms with Crippen LogP contribution in [-0.2, 0) is 14.8 Å². The number of hydrogen-bond donors (Lipinski definition) is 2. The number of sulfonamides is 1. The molecule has 2 N–H and O–H groups in total. The molecule has 0 saturated carbocycles. The number of nitrogens with zero attached hydrogens (tertiary/aromatic N) is 1. The molecule has 1 heterocycles. The molecule has 0 unspecified atom stereocenters. The van der Waals surface area contributed by atoms with Gasteiger partial charge in [0.25, 0.3) is 15.9 Å². The molecule has 0 aromatic heterocycles. The third-order valence-corrected chi connectivity index (χ3v) is 6.96. The molecule has 1 aliphatic rings. The molecular weight excluding hydrogens is 449 g/mol. The van der Waals surface area contributed by atoms with Crippen molar-refractivity contribution >= 4 is 21.6 Å². The van der Waals surface area contributed by atoms with Crippen LogP contribution in [0.5, 0.6) is 5.75 Å². The smallest absolute Gasteiger partial charge is 0.261 e. The molecule has 1 amide bonds. The second-order valence-electron chi connectivity index (χ2n) is 8.33. The number of halogens is 1. The highest BCUT2D eigenvalue weighted by Crippen LogP contribution is 2.27. The third kappa shape index (κ3) is 6.21. The zero-order valence-corrected chi connectivity index (χ0v) is 20.0. The Labute approximate surface area is 194 Å². The first-order valence-electron chi connectivity index (χ1n) is 10.7. The lowest BCUT2D eigenvalue weighted by Gasteiger charge is -2.30. The second-order valence-corrected chi connectivity index (χ2v) is 10.0. The highest BCUT2D eigenvalue weighted by Gasteiger charge is 2.26. The van der Waals surface area contributed by atoms with Crippen molar-refractivity contribution in [3.05, 3.63) is 53.8 Å². The van der Waals surface area contributed by atoms with Crippen LogP contribution in [-0.4, -0.2) is 65.2 Å². The molecule has 3 rings (SSSR count). The summed E-state index contributed by atoms with van der Waals surface area (Å²) in [5.41, 5.74) is 0.506. The molecule has 33 heavy (non-hydrogen) atoms. The average Bonchev–Trinajstić information content (AvgIpc) is 2.78. The number of carbonyl (C=O) groups is 1. The summed E-state index contributed by atoms with van der Waals surface area (Å²) in [6.45, 7) is 5.37. The van der Waals surface area contributed by atoms with Gasteiger partial charge in [0.2, 0.25) is 0 Å². The fourth-order valence-corrected chi connectivity index (χ4v) is 4.65. The number of ether oxygens (including phenoxy) is 2. The number of nitrogens with one attached hydrogen (secondary N) is 2. The zero-order valence-electron chi connectivity index (χ0n) is 19.2. The Hall–Kier alpha value is -2.69. The minimum atomic E-state index is -4.02. The molecule has 2 aromatic carbocycles. The quantitative estimate of drug-likeness (QED) is 0.700. The zero-order chi connectivity index (χ0) is 24.2. The van der Waals surface area contributed by atoms with Crippen molar-refractivity contribution < 1.29 is 27.1 Å². The van der Waals surface area contributed by atoms with Crippen molar-refractivity contribution in [2.75, 3.05) is 38.6 Å². The van der Waals surface area contributed by atoms with Gasteiger partial charge in [0, 0.05) is 39.4 Å². The lowest BCUT2D eigenvalue weighted by Crippen LogP contribution is -2.44. The maximum atomic E-state index is 13.5. The van der Waals surface area contributed by atoms with Crippen LogP contribution in [0.3, 0.4) is 0 Å². The maximum Gasteiger partial charge on any atom is 0.261 e. The number of hydrogen-bond acceptors (Lipinski definition) is 6. The predicted molar refractivity (Wildman–Crippen MR) is 124 cm³/mol. The van der Waals surface area contributed by atoms with E-state index in [4.69, 9.17) is 9.47 Å². The van der Waals surface area contributed by atoms with Crippen molar-refractivity contribution in [1.82, 2.24) is 10.2 Å². The number of rotatable bonds is 4. The van der Waals surface area contributed by atoms with Crippen LogP contribution < -0.4 is 14.8 Å². The van der Waals surface area contributed by atoms with Crippen molar-refractivity contribution in [1.29, 1.82) is 0 Å². The van der Waals surface area contributed by atoms with Crippen molar-refractivity contribution in [2.45, 2.75) is 30.9 Å². The molecule has 2 aromatic rings. The number of methoxy groups -OCH3 is 1. The topological polar surface area (TPSA) is 97.0 Å². The Bertz CT molecular complexity index is 1100. The fourth-order valence-electron chi connectivity index (χ4n) is 3.57. The van der Waals surface area contributed by atoms with Crippen LogP contribution in [0, 0.1) is 11.7 Å². The average molecular weight is 480 g/mol. The Balaban J connectivity index is 1.92. The van der Waals surface area contributed by atoms with E-state index in [0.29, 0.717) is 18.7 Å². The van der Waals surface area contributed by atoms with E-state index in [1.807, 2.05) is 6.92 Å². The molecule has 10 heteroatoms. The molecular formula is C23H30FN3O5S. The summed E-state index contributed by atoms with van der Waals surface area (Å²) in [6, 6.07) is 9.18. The second kappa shape index (κ2) is 10.5. The molecule has 0 aliphatic carbocycles. The van der Waals surface area contributed by atoms with Gasteiger partial charge in [-0.2, -0.15) is 0 Å². The monoisotopic (exact) mass is 479 g/mol. The molecule has 3 atom stereocenters. The normalized spacial score (nSPS) is 22.5. The molecule has 0 bridgehead atoms. The van der Waals surface area contributed by atoms with Crippen molar-refractivity contribution in [3.8, 4) is 5.75 Å². The van der Waals surface area contributed by atoms with E-state index >= 15 is 0 Å². The molecule has 0 spiro atoms. The maximum absolute atomic E-state index is 13.5. The van der Waals surface area contributed by atoms with Crippen LogP contribution in [0.2, 0.25) is 0 Å². The van der Waals surface area contributed by atoms with Gasteiger partial charge in [0.15, 0.2) is 0 Å². The number of likely N-dealkylation sites (N-methyl/N-ethyl adjacent to an activating group) is 1. The Morgan fingerprint density at radius 1 is 1.21 bits per heavy atom. The van der Waals surface area contributed by atoms with E-state index in [0.717, 1.165) is 6.07 Å². The van der Waals surface area contributed by atoms with Gasteiger partial charge in [-0.15, -0.1) is 0 Å². The van der Waals surface area contributed by atoms with Gasteiger partial charge in [-0.25, -0.2) is 12.8 Å². The largest absolute Gasteiger partial charge is 0.491 e. The van der Waals surface area contributed by atoms with Crippen molar-refractivity contribution in [2.24, 2.45) is 5.92 Å². The number of fused-ring (bicyclic) bond motifs is 1. The minimum absolute atomic E-state index is 0.0160. The van der Waals surface area contributed by atoms with Gasteiger partial charge >= 0.3 is 0 Å². The van der Waals surface area contributed by atoms with Crippen molar-refractivity contribution in [3.63, 3.8) is 0 Å². The van der Waals surface area contributed by atoms with Gasteiger partial charge < -0.3 is 19.7 Å². The van der Waals surface area contributed by atoms with E-state index in [1.54, 1.807) is 19.1 Å². The Morgan fingerprint density at radius 3 is 2.67 bits per heavy atom. The summed E-state index contributed by atoms with van der Waals surface area (Å²) in [5.74, 6) is -0.494. The fraction of sp³-hybridized carbons (Fsp3) is 0.435. The van der Waals surface area contributed by atoms with Gasteiger partial charge in [-0.05, 0) is 43.2 Å². The molecule has 8 nitrogen and oxygen atoms in total. The first-order valence-corrected chi connectivity index (χ1v) is 12.2. The van der Waals surface area contributed by atoms with Gasteiger partial charge in [-0.1, -0.05) is 13.0 Å². The van der Waals surface area contributed by atoms with Crippen LogP contribution >= 0.6 is 0 Å². The van der Waals surface area contributed by atoms with E-state index in [9.17, 15) is 17.6 Å². The third-order valence-electron chi connectivity index (χ3n) is 5.59. The minimum Gasteiger partial charge on any atom is -0.491 e. The van der Waals surface area contributed by atoms with Gasteiger partial charge in [0.05, 0.1) is 22.3 Å². The highest BCUT2D eigenvalue weighted by atomic mass is 32.2. The number of benzene rings is 2. The van der Waals surface area contributed by atoms with E-state index in [-0.39, 0.29) is 46.9 Å². The molecule has 0 radical (unpaired) electrons. The predicted octanol–water partition coefficient (Wildman–Crippen LogP) is 2.72. The first kappa shape index (κ1) is 24.9. The van der Waals surface area contributed by atoms with Crippen LogP contribution in [0.1, 0.15) is 24.2 Å². The summed E-state index contributed by atoms with van der Waals surface area (Å²) in [4.78, 5) is 14.5. The van der Waals surface area contributed by atoms with Gasteiger partial charge in [-0.3, -0.25) is 9.52 Å².